The number of carbonyl (C=O) groups is 1. The molecular weight excluding hydrogens is 414 g/mol. The third-order valence-corrected chi connectivity index (χ3v) is 6.68. The van der Waals surface area contributed by atoms with Gasteiger partial charge in [-0.3, -0.25) is 4.79 Å². The number of rotatable bonds is 5. The highest BCUT2D eigenvalue weighted by Crippen LogP contribution is 2.33. The Morgan fingerprint density at radius 3 is 2.81 bits per heavy atom. The zero-order chi connectivity index (χ0) is 21.4. The molecule has 0 atom stereocenters. The fourth-order valence-corrected chi connectivity index (χ4v) is 4.62. The van der Waals surface area contributed by atoms with E-state index in [1.807, 2.05) is 24.5 Å². The van der Waals surface area contributed by atoms with Gasteiger partial charge in [0, 0.05) is 43.5 Å². The Hall–Kier alpha value is -2.48. The van der Waals surface area contributed by atoms with E-state index in [0.29, 0.717) is 16.8 Å². The van der Waals surface area contributed by atoms with E-state index in [-0.39, 0.29) is 17.9 Å². The predicted molar refractivity (Wildman–Crippen MR) is 121 cm³/mol. The number of benzene rings is 1. The van der Waals surface area contributed by atoms with Crippen LogP contribution in [0.25, 0.3) is 22.2 Å². The monoisotopic (exact) mass is 439 g/mol. The summed E-state index contributed by atoms with van der Waals surface area (Å²) in [5.74, 6) is 1.03. The maximum absolute atomic E-state index is 12.4. The van der Waals surface area contributed by atoms with Crippen LogP contribution in [0.1, 0.15) is 25.7 Å². The van der Waals surface area contributed by atoms with Crippen molar-refractivity contribution < 1.29 is 9.53 Å². The number of hydrogen-bond acceptors (Lipinski definition) is 5. The number of hydrogen-bond donors (Lipinski definition) is 2. The van der Waals surface area contributed by atoms with Crippen LogP contribution in [0.2, 0.25) is 5.02 Å². The molecule has 1 amide bonds. The summed E-state index contributed by atoms with van der Waals surface area (Å²) in [6.07, 6.45) is 7.09. The summed E-state index contributed by atoms with van der Waals surface area (Å²) in [7, 11) is 0. The van der Waals surface area contributed by atoms with Crippen molar-refractivity contribution in [3.63, 3.8) is 0 Å². The van der Waals surface area contributed by atoms with Gasteiger partial charge in [-0.15, -0.1) is 0 Å². The second-order valence-electron chi connectivity index (χ2n) is 8.62. The zero-order valence-corrected chi connectivity index (χ0v) is 18.0. The van der Waals surface area contributed by atoms with E-state index in [2.05, 4.69) is 25.9 Å². The molecule has 1 aliphatic carbocycles. The minimum atomic E-state index is -0.0354. The molecule has 162 valence electrons. The third kappa shape index (κ3) is 4.31. The van der Waals surface area contributed by atoms with E-state index in [1.54, 1.807) is 6.20 Å². The van der Waals surface area contributed by atoms with Crippen molar-refractivity contribution in [1.29, 1.82) is 0 Å². The molecule has 1 saturated heterocycles. The Morgan fingerprint density at radius 1 is 1.23 bits per heavy atom. The van der Waals surface area contributed by atoms with Gasteiger partial charge in [-0.05, 0) is 55.4 Å². The maximum atomic E-state index is 12.4. The number of amides is 1. The van der Waals surface area contributed by atoms with Crippen LogP contribution in [0.15, 0.2) is 36.8 Å². The lowest BCUT2D eigenvalue weighted by molar-refractivity contribution is -0.122. The van der Waals surface area contributed by atoms with Crippen LogP contribution in [-0.4, -0.2) is 39.7 Å². The first-order valence-electron chi connectivity index (χ1n) is 10.8. The molecule has 3 N–H and O–H groups in total. The summed E-state index contributed by atoms with van der Waals surface area (Å²) in [6, 6.07) is 8.09. The number of nitrogens with one attached hydrogen (secondary N) is 1. The van der Waals surface area contributed by atoms with Crippen molar-refractivity contribution in [2.45, 2.75) is 38.3 Å². The third-order valence-electron chi connectivity index (χ3n) is 6.38. The van der Waals surface area contributed by atoms with Gasteiger partial charge < -0.3 is 20.4 Å². The van der Waals surface area contributed by atoms with Gasteiger partial charge >= 0.3 is 0 Å². The van der Waals surface area contributed by atoms with Crippen LogP contribution in [0, 0.1) is 11.8 Å². The molecule has 2 aromatic heterocycles. The average Bonchev–Trinajstić information content (AvgIpc) is 3.15. The minimum absolute atomic E-state index is 0.0348. The summed E-state index contributed by atoms with van der Waals surface area (Å²) < 4.78 is 7.70. The van der Waals surface area contributed by atoms with Crippen LogP contribution < -0.4 is 11.1 Å². The van der Waals surface area contributed by atoms with Gasteiger partial charge in [-0.25, -0.2) is 9.97 Å². The second-order valence-corrected chi connectivity index (χ2v) is 9.03. The Labute approximate surface area is 185 Å². The van der Waals surface area contributed by atoms with Crippen LogP contribution in [0.4, 0.5) is 5.82 Å². The predicted octanol–water partition coefficient (Wildman–Crippen LogP) is 3.85. The standard InChI is InChI=1S/C23H26ClN5O2/c24-19-11-26-22(28-23(30)16-7-17(25)8-16)10-18(19)15-1-2-20-21(9-15)29(13-27-20)12-14-3-5-31-6-4-14/h1-2,9-11,13-14,16-17H,3-8,12,25H2,(H,26,28,30)/t16-,17-. The van der Waals surface area contributed by atoms with Crippen molar-refractivity contribution in [1.82, 2.24) is 14.5 Å². The zero-order valence-electron chi connectivity index (χ0n) is 17.3. The van der Waals surface area contributed by atoms with Gasteiger partial charge in [0.15, 0.2) is 0 Å². The van der Waals surface area contributed by atoms with Crippen molar-refractivity contribution in [3.05, 3.63) is 41.8 Å². The molecule has 1 aliphatic heterocycles. The molecule has 31 heavy (non-hydrogen) atoms. The summed E-state index contributed by atoms with van der Waals surface area (Å²) in [5.41, 5.74) is 9.63. The molecule has 7 nitrogen and oxygen atoms in total. The number of nitrogens with two attached hydrogens (primary N) is 1. The number of fused-ring (bicyclic) bond motifs is 1. The Bertz CT molecular complexity index is 1100. The van der Waals surface area contributed by atoms with E-state index in [4.69, 9.17) is 22.1 Å². The highest BCUT2D eigenvalue weighted by molar-refractivity contribution is 6.33. The molecule has 0 radical (unpaired) electrons. The molecule has 0 bridgehead atoms. The Kier molecular flexibility index (Phi) is 5.65. The smallest absolute Gasteiger partial charge is 0.228 e. The number of pyridine rings is 1. The molecule has 1 aromatic carbocycles. The van der Waals surface area contributed by atoms with Crippen molar-refractivity contribution in [2.24, 2.45) is 17.6 Å². The van der Waals surface area contributed by atoms with Crippen molar-refractivity contribution in [3.8, 4) is 11.1 Å². The number of ether oxygens (including phenoxy) is 1. The summed E-state index contributed by atoms with van der Waals surface area (Å²) in [5, 5.41) is 3.45. The van der Waals surface area contributed by atoms with E-state index in [1.165, 1.54) is 0 Å². The van der Waals surface area contributed by atoms with Crippen LogP contribution >= 0.6 is 11.6 Å². The highest BCUT2D eigenvalue weighted by atomic mass is 35.5. The highest BCUT2D eigenvalue weighted by Gasteiger charge is 2.32. The number of nitrogens with zero attached hydrogens (tertiary/aromatic N) is 3. The van der Waals surface area contributed by atoms with Gasteiger partial charge in [0.05, 0.1) is 22.4 Å². The topological polar surface area (TPSA) is 95.1 Å². The quantitative estimate of drug-likeness (QED) is 0.629. The first kappa shape index (κ1) is 20.4. The summed E-state index contributed by atoms with van der Waals surface area (Å²) in [6.45, 7) is 2.59. The van der Waals surface area contributed by atoms with Crippen LogP contribution in [0.5, 0.6) is 0 Å². The van der Waals surface area contributed by atoms with Crippen molar-refractivity contribution in [2.75, 3.05) is 18.5 Å². The fourth-order valence-electron chi connectivity index (χ4n) is 4.41. The lowest BCUT2D eigenvalue weighted by Gasteiger charge is -2.30. The Balaban J connectivity index is 1.40. The molecule has 5 rings (SSSR count). The van der Waals surface area contributed by atoms with Crippen LogP contribution in [-0.2, 0) is 16.1 Å². The molecule has 0 unspecified atom stereocenters. The SMILES string of the molecule is N[C@H]1C[C@H](C(=O)Nc2cc(-c3ccc4ncn(CC5CCOCC5)c4c3)c(Cl)cn2)C1. The normalized spacial score (nSPS) is 21.7. The van der Waals surface area contributed by atoms with E-state index in [9.17, 15) is 4.79 Å². The van der Waals surface area contributed by atoms with Gasteiger partial charge in [-0.1, -0.05) is 17.7 Å². The van der Waals surface area contributed by atoms with E-state index < -0.39 is 0 Å². The Morgan fingerprint density at radius 2 is 2.03 bits per heavy atom. The fraction of sp³-hybridized carbons (Fsp3) is 0.435. The first-order chi connectivity index (χ1) is 15.1. The second kappa shape index (κ2) is 8.57. The summed E-state index contributed by atoms with van der Waals surface area (Å²) in [4.78, 5) is 21.2. The van der Waals surface area contributed by atoms with E-state index >= 15 is 0 Å². The maximum Gasteiger partial charge on any atom is 0.228 e. The largest absolute Gasteiger partial charge is 0.381 e. The number of imidazole rings is 1. The van der Waals surface area contributed by atoms with Crippen LogP contribution in [0.3, 0.4) is 0 Å². The molecule has 1 saturated carbocycles. The van der Waals surface area contributed by atoms with Gasteiger partial charge in [0.1, 0.15) is 5.82 Å². The number of aromatic nitrogens is 3. The lowest BCUT2D eigenvalue weighted by Crippen LogP contribution is -2.42. The lowest BCUT2D eigenvalue weighted by atomic mass is 9.80. The number of anilines is 1. The first-order valence-corrected chi connectivity index (χ1v) is 11.2. The number of halogens is 1. The molecule has 2 fully saturated rings. The van der Waals surface area contributed by atoms with Gasteiger partial charge in [0.25, 0.3) is 0 Å². The molecule has 2 aliphatic rings. The van der Waals surface area contributed by atoms with Gasteiger partial charge in [-0.2, -0.15) is 0 Å². The summed E-state index contributed by atoms with van der Waals surface area (Å²) >= 11 is 6.48. The molecular formula is C23H26ClN5O2. The van der Waals surface area contributed by atoms with E-state index in [0.717, 1.165) is 67.6 Å². The number of carbonyl (C=O) groups excluding carboxylic acids is 1. The average molecular weight is 440 g/mol. The van der Waals surface area contributed by atoms with Crippen molar-refractivity contribution >= 4 is 34.4 Å². The molecule has 0 spiro atoms. The molecule has 3 aromatic rings. The molecule has 3 heterocycles. The minimum Gasteiger partial charge on any atom is -0.381 e. The molecule has 8 heteroatoms. The van der Waals surface area contributed by atoms with Gasteiger partial charge in [0.2, 0.25) is 5.91 Å².